The molecule has 0 spiro atoms. The smallest absolute Gasteiger partial charge is 0.207 e. The molecule has 5 heteroatoms. The summed E-state index contributed by atoms with van der Waals surface area (Å²) in [5.74, 6) is 0. The predicted octanol–water partition coefficient (Wildman–Crippen LogP) is 2.38. The molecule has 0 heterocycles. The molecule has 0 aromatic heterocycles. The van der Waals surface area contributed by atoms with Crippen molar-refractivity contribution in [3.05, 3.63) is 65.7 Å². The highest BCUT2D eigenvalue weighted by Gasteiger charge is 2.21. The maximum Gasteiger partial charge on any atom is 0.243 e. The number of benzene rings is 2. The fourth-order valence-electron chi connectivity index (χ4n) is 1.83. The third-order valence-electron chi connectivity index (χ3n) is 2.92. The Bertz CT molecular complexity index is 734. The molecule has 2 aromatic carbocycles. The van der Waals surface area contributed by atoms with E-state index < -0.39 is 10.0 Å². The average molecular weight is 286 g/mol. The minimum atomic E-state index is -3.59. The van der Waals surface area contributed by atoms with Crippen LogP contribution in [0.2, 0.25) is 0 Å². The van der Waals surface area contributed by atoms with Gasteiger partial charge in [-0.2, -0.15) is 9.57 Å². The van der Waals surface area contributed by atoms with Gasteiger partial charge in [0, 0.05) is 13.6 Å². The van der Waals surface area contributed by atoms with Crippen molar-refractivity contribution >= 4 is 10.0 Å². The van der Waals surface area contributed by atoms with Gasteiger partial charge in [-0.25, -0.2) is 8.42 Å². The van der Waals surface area contributed by atoms with Crippen molar-refractivity contribution < 1.29 is 8.42 Å². The van der Waals surface area contributed by atoms with Gasteiger partial charge >= 0.3 is 0 Å². The van der Waals surface area contributed by atoms with Crippen LogP contribution in [0.25, 0.3) is 0 Å². The molecule has 0 N–H and O–H groups in total. The number of nitrogens with zero attached hydrogens (tertiary/aromatic N) is 2. The molecule has 0 atom stereocenters. The molecule has 0 unspecified atom stereocenters. The highest BCUT2D eigenvalue weighted by Crippen LogP contribution is 2.17. The zero-order valence-corrected chi connectivity index (χ0v) is 11.8. The van der Waals surface area contributed by atoms with Crippen LogP contribution in [0.5, 0.6) is 0 Å². The summed E-state index contributed by atoms with van der Waals surface area (Å²) in [5, 5.41) is 8.84. The van der Waals surface area contributed by atoms with Crippen molar-refractivity contribution in [1.29, 1.82) is 5.26 Å². The molecule has 102 valence electrons. The summed E-state index contributed by atoms with van der Waals surface area (Å²) in [6.07, 6.45) is 0. The van der Waals surface area contributed by atoms with E-state index in [0.717, 1.165) is 5.56 Å². The summed E-state index contributed by atoms with van der Waals surface area (Å²) in [4.78, 5) is 0.134. The molecular formula is C15H14N2O2S. The lowest BCUT2D eigenvalue weighted by Gasteiger charge is -2.17. The first-order valence-electron chi connectivity index (χ1n) is 6.04. The summed E-state index contributed by atoms with van der Waals surface area (Å²) in [5.41, 5.74) is 1.24. The van der Waals surface area contributed by atoms with Gasteiger partial charge in [0.1, 0.15) is 0 Å². The number of rotatable bonds is 4. The minimum absolute atomic E-state index is 0.134. The molecule has 2 rings (SSSR count). The van der Waals surface area contributed by atoms with Crippen LogP contribution in [-0.4, -0.2) is 19.8 Å². The zero-order valence-electron chi connectivity index (χ0n) is 11.0. The van der Waals surface area contributed by atoms with Gasteiger partial charge in [0.2, 0.25) is 10.0 Å². The quantitative estimate of drug-likeness (QED) is 0.867. The molecule has 0 saturated heterocycles. The van der Waals surface area contributed by atoms with Crippen molar-refractivity contribution in [2.75, 3.05) is 7.05 Å². The fraction of sp³-hybridized carbons (Fsp3) is 0.133. The summed E-state index contributed by atoms with van der Waals surface area (Å²) in [6.45, 7) is 0.292. The van der Waals surface area contributed by atoms with Crippen LogP contribution in [0, 0.1) is 11.3 Å². The Kier molecular flexibility index (Phi) is 4.18. The third-order valence-corrected chi connectivity index (χ3v) is 4.72. The molecule has 0 radical (unpaired) electrons. The summed E-state index contributed by atoms with van der Waals surface area (Å²) in [7, 11) is -2.06. The first-order valence-corrected chi connectivity index (χ1v) is 7.48. The molecule has 20 heavy (non-hydrogen) atoms. The molecule has 0 aliphatic carbocycles. The van der Waals surface area contributed by atoms with E-state index in [1.165, 1.54) is 23.5 Å². The highest BCUT2D eigenvalue weighted by atomic mass is 32.2. The molecular weight excluding hydrogens is 272 g/mol. The van der Waals surface area contributed by atoms with Gasteiger partial charge in [-0.1, -0.05) is 36.4 Å². The monoisotopic (exact) mass is 286 g/mol. The topological polar surface area (TPSA) is 61.2 Å². The summed E-state index contributed by atoms with van der Waals surface area (Å²) < 4.78 is 26.1. The maximum atomic E-state index is 12.4. The van der Waals surface area contributed by atoms with E-state index >= 15 is 0 Å². The van der Waals surface area contributed by atoms with E-state index in [1.807, 2.05) is 36.4 Å². The Morgan fingerprint density at radius 2 is 1.80 bits per heavy atom. The van der Waals surface area contributed by atoms with E-state index in [4.69, 9.17) is 5.26 Å². The Morgan fingerprint density at radius 3 is 2.45 bits per heavy atom. The highest BCUT2D eigenvalue weighted by molar-refractivity contribution is 7.89. The third kappa shape index (κ3) is 3.05. The molecule has 4 nitrogen and oxygen atoms in total. The lowest BCUT2D eigenvalue weighted by molar-refractivity contribution is 0.466. The van der Waals surface area contributed by atoms with Gasteiger partial charge in [0.15, 0.2) is 0 Å². The van der Waals surface area contributed by atoms with Crippen LogP contribution in [0.15, 0.2) is 59.5 Å². The normalized spacial score (nSPS) is 11.2. The van der Waals surface area contributed by atoms with Crippen LogP contribution in [0.1, 0.15) is 11.1 Å². The fourth-order valence-corrected chi connectivity index (χ4v) is 3.04. The summed E-state index contributed by atoms with van der Waals surface area (Å²) >= 11 is 0. The van der Waals surface area contributed by atoms with E-state index in [1.54, 1.807) is 12.1 Å². The number of nitriles is 1. The molecule has 0 fully saturated rings. The first-order chi connectivity index (χ1) is 9.54. The van der Waals surface area contributed by atoms with Gasteiger partial charge in [0.25, 0.3) is 0 Å². The van der Waals surface area contributed by atoms with Crippen LogP contribution >= 0.6 is 0 Å². The van der Waals surface area contributed by atoms with Crippen LogP contribution in [0.3, 0.4) is 0 Å². The predicted molar refractivity (Wildman–Crippen MR) is 76.3 cm³/mol. The second kappa shape index (κ2) is 5.87. The standard InChI is InChI=1S/C15H14N2O2S/c1-17(12-13-6-3-2-4-7-13)20(18,19)15-9-5-8-14(10-15)11-16/h2-10H,12H2,1H3. The van der Waals surface area contributed by atoms with E-state index in [0.29, 0.717) is 12.1 Å². The van der Waals surface area contributed by atoms with Gasteiger partial charge in [-0.05, 0) is 23.8 Å². The largest absolute Gasteiger partial charge is 0.243 e. The SMILES string of the molecule is CN(Cc1ccccc1)S(=O)(=O)c1cccc(C#N)c1. The lowest BCUT2D eigenvalue weighted by atomic mass is 10.2. The number of hydrogen-bond donors (Lipinski definition) is 0. The Hall–Kier alpha value is -2.16. The van der Waals surface area contributed by atoms with E-state index in [9.17, 15) is 8.42 Å². The van der Waals surface area contributed by atoms with Crippen LogP contribution in [0.4, 0.5) is 0 Å². The maximum absolute atomic E-state index is 12.4. The lowest BCUT2D eigenvalue weighted by Crippen LogP contribution is -2.26. The molecule has 0 saturated carbocycles. The van der Waals surface area contributed by atoms with Gasteiger partial charge < -0.3 is 0 Å². The molecule has 0 aliphatic rings. The zero-order chi connectivity index (χ0) is 14.6. The van der Waals surface area contributed by atoms with Crippen molar-refractivity contribution in [3.8, 4) is 6.07 Å². The van der Waals surface area contributed by atoms with Crippen molar-refractivity contribution in [1.82, 2.24) is 4.31 Å². The van der Waals surface area contributed by atoms with Crippen molar-refractivity contribution in [2.45, 2.75) is 11.4 Å². The first kappa shape index (κ1) is 14.3. The molecule has 2 aromatic rings. The molecule has 0 aliphatic heterocycles. The number of hydrogen-bond acceptors (Lipinski definition) is 3. The Labute approximate surface area is 118 Å². The van der Waals surface area contributed by atoms with E-state index in [-0.39, 0.29) is 4.90 Å². The number of sulfonamides is 1. The van der Waals surface area contributed by atoms with Crippen molar-refractivity contribution in [2.24, 2.45) is 0 Å². The second-order valence-corrected chi connectivity index (χ2v) is 6.43. The van der Waals surface area contributed by atoms with Gasteiger partial charge in [-0.3, -0.25) is 0 Å². The second-order valence-electron chi connectivity index (χ2n) is 4.39. The van der Waals surface area contributed by atoms with Crippen LogP contribution < -0.4 is 0 Å². The van der Waals surface area contributed by atoms with E-state index in [2.05, 4.69) is 0 Å². The molecule has 0 amide bonds. The van der Waals surface area contributed by atoms with Crippen LogP contribution in [-0.2, 0) is 16.6 Å². The molecule has 0 bridgehead atoms. The van der Waals surface area contributed by atoms with Crippen molar-refractivity contribution in [3.63, 3.8) is 0 Å². The minimum Gasteiger partial charge on any atom is -0.207 e. The summed E-state index contributed by atoms with van der Waals surface area (Å²) in [6, 6.07) is 17.3. The Balaban J connectivity index is 2.28. The van der Waals surface area contributed by atoms with Gasteiger partial charge in [0.05, 0.1) is 16.5 Å². The van der Waals surface area contributed by atoms with Gasteiger partial charge in [-0.15, -0.1) is 0 Å². The Morgan fingerprint density at radius 1 is 1.10 bits per heavy atom. The average Bonchev–Trinajstić information content (AvgIpc) is 2.48.